The van der Waals surface area contributed by atoms with E-state index < -0.39 is 24.2 Å². The molecule has 0 amide bonds. The Balaban J connectivity index is 0.000000216. The van der Waals surface area contributed by atoms with Gasteiger partial charge in [-0.2, -0.15) is 0 Å². The minimum absolute atomic E-state index is 0. The van der Waals surface area contributed by atoms with E-state index in [4.69, 9.17) is 0 Å². The van der Waals surface area contributed by atoms with E-state index >= 15 is 0 Å². The molecule has 4 rings (SSSR count). The average molecular weight is 539 g/mol. The monoisotopic (exact) mass is 540 g/mol. The zero-order valence-electron chi connectivity index (χ0n) is 12.8. The van der Waals surface area contributed by atoms with Crippen molar-refractivity contribution in [3.63, 3.8) is 0 Å². The first kappa shape index (κ1) is 20.6. The maximum absolute atomic E-state index is 2.62. The van der Waals surface area contributed by atoms with Crippen LogP contribution >= 0.6 is 0 Å². The molecule has 0 bridgehead atoms. The average Bonchev–Trinajstić information content (AvgIpc) is 3.35. The summed E-state index contributed by atoms with van der Waals surface area (Å²) in [5.41, 5.74) is 0. The first-order valence-corrected chi connectivity index (χ1v) is 10.9. The van der Waals surface area contributed by atoms with Crippen molar-refractivity contribution in [2.45, 2.75) is 0 Å². The van der Waals surface area contributed by atoms with Gasteiger partial charge in [0.1, 0.15) is 0 Å². The molecule has 4 aromatic carbocycles. The number of rotatable bonds is 2. The molecule has 24 heavy (non-hydrogen) atoms. The Morgan fingerprint density at radius 2 is 0.875 bits per heavy atom. The van der Waals surface area contributed by atoms with Gasteiger partial charge in [-0.1, -0.05) is 0 Å². The Morgan fingerprint density at radius 1 is 0.542 bits per heavy atom. The summed E-state index contributed by atoms with van der Waals surface area (Å²) >= 11 is -0.740. The molecular weight excluding hydrogens is 527 g/mol. The van der Waals surface area contributed by atoms with Crippen LogP contribution in [0.1, 0.15) is 0 Å². The van der Waals surface area contributed by atoms with Crippen LogP contribution in [0.2, 0.25) is 0 Å². The molecule has 2 radical (unpaired) electrons. The fourth-order valence-corrected chi connectivity index (χ4v) is 5.66. The molecule has 0 saturated heterocycles. The van der Waals surface area contributed by atoms with Crippen molar-refractivity contribution in [1.29, 1.82) is 0 Å². The van der Waals surface area contributed by atoms with Crippen molar-refractivity contribution in [2.24, 2.45) is 0 Å². The topological polar surface area (TPSA) is 0 Å². The summed E-state index contributed by atoms with van der Waals surface area (Å²) in [4.78, 5) is 0. The molecule has 0 N–H and O–H groups in total. The van der Waals surface area contributed by atoms with Crippen molar-refractivity contribution >= 4 is 30.5 Å². The van der Waals surface area contributed by atoms with Gasteiger partial charge < -0.3 is 60.7 Å². The summed E-state index contributed by atoms with van der Waals surface area (Å²) in [6.45, 7) is 0. The molecule has 120 valence electrons. The predicted molar refractivity (Wildman–Crippen MR) is 92.7 cm³/mol. The van der Waals surface area contributed by atoms with Crippen LogP contribution in [0.3, 0.4) is 0 Å². The number of hydrogen-bond acceptors (Lipinski definition) is 0. The van der Waals surface area contributed by atoms with E-state index in [1.807, 2.05) is 0 Å². The molecule has 0 fully saturated rings. The summed E-state index contributed by atoms with van der Waals surface area (Å²) in [5.74, 6) is 0. The van der Waals surface area contributed by atoms with Gasteiger partial charge in [-0.3, -0.25) is 0 Å². The van der Waals surface area contributed by atoms with Crippen molar-refractivity contribution in [3.8, 4) is 0 Å². The van der Waals surface area contributed by atoms with E-state index in [0.29, 0.717) is 0 Å². The third-order valence-electron chi connectivity index (χ3n) is 2.54. The first-order chi connectivity index (χ1) is 11.4. The molecule has 0 aliphatic rings. The van der Waals surface area contributed by atoms with Crippen molar-refractivity contribution in [3.05, 3.63) is 121 Å². The summed E-state index contributed by atoms with van der Waals surface area (Å²) in [7, 11) is 0. The summed E-state index contributed by atoms with van der Waals surface area (Å²) in [6.07, 6.45) is 0. The Hall–Kier alpha value is -1.42. The van der Waals surface area contributed by atoms with Gasteiger partial charge in [0.05, 0.1) is 0 Å². The van der Waals surface area contributed by atoms with Gasteiger partial charge in [0.15, 0.2) is 0 Å². The third-order valence-corrected chi connectivity index (χ3v) is 7.37. The van der Waals surface area contributed by atoms with E-state index in [2.05, 4.69) is 109 Å². The second-order valence-electron chi connectivity index (χ2n) is 4.22. The second kappa shape index (κ2) is 14.0. The van der Waals surface area contributed by atoms with E-state index in [9.17, 15) is 0 Å². The quantitative estimate of drug-likeness (QED) is 0.272. The van der Waals surface area contributed by atoms with E-state index in [1.54, 1.807) is 18.4 Å². The molecule has 0 aliphatic carbocycles. The molecule has 0 aliphatic heterocycles. The van der Waals surface area contributed by atoms with Gasteiger partial charge in [-0.15, -0.1) is 0 Å². The first-order valence-electron chi connectivity index (χ1n) is 6.98. The van der Waals surface area contributed by atoms with Gasteiger partial charge in [0.2, 0.25) is 0 Å². The number of hydrogen-bond donors (Lipinski definition) is 0. The third kappa shape index (κ3) is 9.66. The molecule has 0 aromatic heterocycles. The molecule has 0 saturated carbocycles. The molecule has 0 heterocycles. The summed E-state index contributed by atoms with van der Waals surface area (Å²) in [6, 6.07) is 45.7. The van der Waals surface area contributed by atoms with Crippen LogP contribution in [0.4, 0.5) is 0 Å². The van der Waals surface area contributed by atoms with E-state index in [0.717, 1.165) is 0 Å². The molecule has 0 spiro atoms. The second-order valence-corrected chi connectivity index (χ2v) is 9.68. The minimum atomic E-state index is -0.740. The predicted octanol–water partition coefficient (Wildman–Crippen LogP) is 2.55. The molecule has 0 atom stereocenters. The van der Waals surface area contributed by atoms with Crippen LogP contribution in [-0.4, -0.2) is 24.2 Å². The Bertz CT molecular complexity index is 588. The summed E-state index contributed by atoms with van der Waals surface area (Å²) < 4.78 is 3.13. The van der Waals surface area contributed by atoms with Crippen LogP contribution in [0, 0.1) is 48.5 Å². The van der Waals surface area contributed by atoms with Crippen LogP contribution < -0.4 is 6.25 Å². The molecule has 2 heteroatoms. The molecular formula is C22H12FePb-8. The van der Waals surface area contributed by atoms with Crippen molar-refractivity contribution < 1.29 is 17.1 Å². The van der Waals surface area contributed by atoms with Crippen LogP contribution in [-0.2, 0) is 17.1 Å². The van der Waals surface area contributed by atoms with Gasteiger partial charge in [0, 0.05) is 0 Å². The van der Waals surface area contributed by atoms with E-state index in [-0.39, 0.29) is 17.1 Å². The number of benzene rings is 2. The normalized spacial score (nSPS) is 8.67. The van der Waals surface area contributed by atoms with Crippen molar-refractivity contribution in [2.75, 3.05) is 0 Å². The summed E-state index contributed by atoms with van der Waals surface area (Å²) in [5, 5.41) is 0. The SMILES string of the molecule is [Fe+2].[c-]1[c-][c-][cH-][c-]1.[c-]1[c-][c-][cH-][c-]1.c1cc[c]([Pb][c]2ccccc2)cc1. The van der Waals surface area contributed by atoms with Gasteiger partial charge in [-0.25, -0.2) is 0 Å². The Labute approximate surface area is 168 Å². The molecule has 4 aromatic rings. The zero-order chi connectivity index (χ0) is 16.0. The van der Waals surface area contributed by atoms with Crippen molar-refractivity contribution in [1.82, 2.24) is 0 Å². The van der Waals surface area contributed by atoms with Gasteiger partial charge in [-0.05, 0) is 0 Å². The Kier molecular flexibility index (Phi) is 12.0. The fourth-order valence-electron chi connectivity index (χ4n) is 1.57. The Morgan fingerprint density at radius 3 is 1.12 bits per heavy atom. The standard InChI is InChI=1S/2C6H5.2C5H.Fe.Pb/c2*1-2-4-6-5-3-1;2*1-2-4-5-3-1;;/h2*1-5H;2*1H;;/q;;2*-5;+2;. The zero-order valence-corrected chi connectivity index (χ0v) is 17.8. The van der Waals surface area contributed by atoms with Crippen LogP contribution in [0.5, 0.6) is 0 Å². The van der Waals surface area contributed by atoms with E-state index in [1.165, 1.54) is 0 Å². The maximum atomic E-state index is 2.62. The van der Waals surface area contributed by atoms with Gasteiger partial charge in [0.25, 0.3) is 0 Å². The molecule has 0 nitrogen and oxygen atoms in total. The fraction of sp³-hybridized carbons (Fsp3) is 0. The van der Waals surface area contributed by atoms with Gasteiger partial charge >= 0.3 is 108 Å². The van der Waals surface area contributed by atoms with Crippen LogP contribution in [0.15, 0.2) is 72.8 Å². The van der Waals surface area contributed by atoms with Crippen LogP contribution in [0.25, 0.3) is 0 Å². The molecule has 0 unspecified atom stereocenters.